The highest BCUT2D eigenvalue weighted by atomic mass is 32.2. The molecule has 1 aromatic rings. The Bertz CT molecular complexity index is 524. The molecule has 20 heavy (non-hydrogen) atoms. The Morgan fingerprint density at radius 1 is 1.25 bits per heavy atom. The minimum atomic E-state index is -3.20. The number of sulfonamides is 1. The molecule has 0 heterocycles. The molecule has 0 spiro atoms. The topological polar surface area (TPSA) is 58.2 Å². The third kappa shape index (κ3) is 5.61. The molecule has 5 heteroatoms. The number of nitrogens with one attached hydrogen (secondary N) is 2. The molecule has 4 nitrogen and oxygen atoms in total. The zero-order chi connectivity index (χ0) is 14.4. The van der Waals surface area contributed by atoms with Crippen LogP contribution >= 0.6 is 0 Å². The summed E-state index contributed by atoms with van der Waals surface area (Å²) < 4.78 is 26.7. The smallest absolute Gasteiger partial charge is 0.215 e. The molecular formula is C15H24N2O2S. The Morgan fingerprint density at radius 2 is 2.00 bits per heavy atom. The van der Waals surface area contributed by atoms with Crippen LogP contribution in [0.5, 0.6) is 0 Å². The van der Waals surface area contributed by atoms with Crippen molar-refractivity contribution >= 4 is 10.0 Å². The van der Waals surface area contributed by atoms with Crippen molar-refractivity contribution in [1.82, 2.24) is 10.0 Å². The Morgan fingerprint density at radius 3 is 2.70 bits per heavy atom. The number of hydrogen-bond donors (Lipinski definition) is 2. The van der Waals surface area contributed by atoms with E-state index in [4.69, 9.17) is 0 Å². The van der Waals surface area contributed by atoms with Crippen molar-refractivity contribution in [2.45, 2.75) is 38.5 Å². The first-order valence-corrected chi connectivity index (χ1v) is 9.00. The zero-order valence-electron chi connectivity index (χ0n) is 12.1. The number of hydrogen-bond acceptors (Lipinski definition) is 3. The Hall–Kier alpha value is -0.910. The summed E-state index contributed by atoms with van der Waals surface area (Å²) in [5.74, 6) is 0.635. The van der Waals surface area contributed by atoms with E-state index in [9.17, 15) is 8.42 Å². The van der Waals surface area contributed by atoms with Gasteiger partial charge in [-0.25, -0.2) is 13.1 Å². The van der Waals surface area contributed by atoms with Gasteiger partial charge in [-0.3, -0.25) is 0 Å². The first-order chi connectivity index (χ1) is 9.59. The molecule has 1 aromatic carbocycles. The van der Waals surface area contributed by atoms with E-state index in [1.54, 1.807) is 0 Å². The summed E-state index contributed by atoms with van der Waals surface area (Å²) in [5, 5.41) is 3.32. The van der Waals surface area contributed by atoms with Gasteiger partial charge in [0.15, 0.2) is 0 Å². The minimum absolute atomic E-state index is 0.0708. The van der Waals surface area contributed by atoms with Gasteiger partial charge in [-0.1, -0.05) is 31.2 Å². The molecule has 0 radical (unpaired) electrons. The standard InChI is InChI=1S/C15H24N2O2S/c1-2-8-16-10-14-4-3-5-15(9-14)12-20(18,19)17-11-13-6-7-13/h3-5,9,13,16-17H,2,6-8,10-12H2,1H3. The molecule has 1 saturated carbocycles. The SMILES string of the molecule is CCCNCc1cccc(CS(=O)(=O)NCC2CC2)c1. The van der Waals surface area contributed by atoms with Crippen LogP contribution in [0.4, 0.5) is 0 Å². The predicted molar refractivity (Wildman–Crippen MR) is 81.8 cm³/mol. The van der Waals surface area contributed by atoms with E-state index < -0.39 is 10.0 Å². The first-order valence-electron chi connectivity index (χ1n) is 7.35. The van der Waals surface area contributed by atoms with Crippen LogP contribution in [-0.2, 0) is 22.3 Å². The van der Waals surface area contributed by atoms with E-state index in [1.165, 1.54) is 0 Å². The Balaban J connectivity index is 1.88. The van der Waals surface area contributed by atoms with Crippen molar-refractivity contribution in [1.29, 1.82) is 0 Å². The van der Waals surface area contributed by atoms with Crippen LogP contribution in [0, 0.1) is 5.92 Å². The summed E-state index contributed by atoms with van der Waals surface area (Å²) in [7, 11) is -3.20. The van der Waals surface area contributed by atoms with Gasteiger partial charge in [0, 0.05) is 13.1 Å². The maximum atomic E-state index is 12.0. The van der Waals surface area contributed by atoms with E-state index in [2.05, 4.69) is 17.0 Å². The summed E-state index contributed by atoms with van der Waals surface area (Å²) in [6.07, 6.45) is 3.40. The average molecular weight is 296 g/mol. The highest BCUT2D eigenvalue weighted by molar-refractivity contribution is 7.88. The molecule has 1 aliphatic rings. The zero-order valence-corrected chi connectivity index (χ0v) is 12.9. The summed E-state index contributed by atoms with van der Waals surface area (Å²) in [6.45, 7) is 4.49. The first kappa shape index (κ1) is 15.5. The van der Waals surface area contributed by atoms with Crippen molar-refractivity contribution in [3.63, 3.8) is 0 Å². The van der Waals surface area contributed by atoms with Crippen molar-refractivity contribution in [3.8, 4) is 0 Å². The molecule has 0 aromatic heterocycles. The van der Waals surface area contributed by atoms with E-state index in [1.807, 2.05) is 24.3 Å². The molecule has 0 atom stereocenters. The fourth-order valence-electron chi connectivity index (χ4n) is 2.08. The van der Waals surface area contributed by atoms with Gasteiger partial charge in [-0.2, -0.15) is 0 Å². The molecule has 1 fully saturated rings. The summed E-state index contributed by atoms with van der Waals surface area (Å²) >= 11 is 0. The highest BCUT2D eigenvalue weighted by Crippen LogP contribution is 2.27. The maximum Gasteiger partial charge on any atom is 0.215 e. The van der Waals surface area contributed by atoms with Crippen LogP contribution in [0.1, 0.15) is 37.3 Å². The molecule has 0 unspecified atom stereocenters. The number of rotatable bonds is 9. The van der Waals surface area contributed by atoms with Crippen LogP contribution < -0.4 is 10.0 Å². The Labute approximate surface area is 122 Å². The van der Waals surface area contributed by atoms with Gasteiger partial charge < -0.3 is 5.32 Å². The second-order valence-corrected chi connectivity index (χ2v) is 7.35. The van der Waals surface area contributed by atoms with Crippen LogP contribution in [0.25, 0.3) is 0 Å². The number of benzene rings is 1. The summed E-state index contributed by atoms with van der Waals surface area (Å²) in [6, 6.07) is 7.80. The van der Waals surface area contributed by atoms with Crippen molar-refractivity contribution in [2.75, 3.05) is 13.1 Å². The quantitative estimate of drug-likeness (QED) is 0.685. The second-order valence-electron chi connectivity index (χ2n) is 5.55. The van der Waals surface area contributed by atoms with Gasteiger partial charge in [0.25, 0.3) is 0 Å². The molecule has 2 rings (SSSR count). The molecule has 2 N–H and O–H groups in total. The van der Waals surface area contributed by atoms with Gasteiger partial charge in [0.1, 0.15) is 0 Å². The molecule has 1 aliphatic carbocycles. The van der Waals surface area contributed by atoms with Gasteiger partial charge in [-0.15, -0.1) is 0 Å². The molecular weight excluding hydrogens is 272 g/mol. The fraction of sp³-hybridized carbons (Fsp3) is 0.600. The van der Waals surface area contributed by atoms with Crippen LogP contribution in [0.3, 0.4) is 0 Å². The van der Waals surface area contributed by atoms with Gasteiger partial charge in [0.2, 0.25) is 10.0 Å². The maximum absolute atomic E-state index is 12.0. The van der Waals surface area contributed by atoms with E-state index in [0.717, 1.165) is 43.5 Å². The molecule has 112 valence electrons. The third-order valence-corrected chi connectivity index (χ3v) is 4.71. The van der Waals surface area contributed by atoms with E-state index in [0.29, 0.717) is 12.5 Å². The highest BCUT2D eigenvalue weighted by Gasteiger charge is 2.23. The van der Waals surface area contributed by atoms with Crippen LogP contribution in [0.15, 0.2) is 24.3 Å². The lowest BCUT2D eigenvalue weighted by Crippen LogP contribution is -2.27. The van der Waals surface area contributed by atoms with E-state index >= 15 is 0 Å². The minimum Gasteiger partial charge on any atom is -0.313 e. The van der Waals surface area contributed by atoms with Crippen molar-refractivity contribution in [3.05, 3.63) is 35.4 Å². The summed E-state index contributed by atoms with van der Waals surface area (Å²) in [5.41, 5.74) is 1.98. The molecule has 0 aliphatic heterocycles. The lowest BCUT2D eigenvalue weighted by molar-refractivity contribution is 0.576. The fourth-order valence-corrected chi connectivity index (χ4v) is 3.29. The largest absolute Gasteiger partial charge is 0.313 e. The van der Waals surface area contributed by atoms with Crippen molar-refractivity contribution in [2.24, 2.45) is 5.92 Å². The van der Waals surface area contributed by atoms with Crippen molar-refractivity contribution < 1.29 is 8.42 Å². The van der Waals surface area contributed by atoms with Crippen LogP contribution in [-0.4, -0.2) is 21.5 Å². The summed E-state index contributed by atoms with van der Waals surface area (Å²) in [4.78, 5) is 0. The monoisotopic (exact) mass is 296 g/mol. The van der Waals surface area contributed by atoms with Gasteiger partial charge in [0.05, 0.1) is 5.75 Å². The third-order valence-electron chi connectivity index (χ3n) is 3.39. The van der Waals surface area contributed by atoms with Gasteiger partial charge >= 0.3 is 0 Å². The average Bonchev–Trinajstić information content (AvgIpc) is 3.21. The van der Waals surface area contributed by atoms with Gasteiger partial charge in [-0.05, 0) is 42.9 Å². The molecule has 0 bridgehead atoms. The lowest BCUT2D eigenvalue weighted by Gasteiger charge is -2.08. The normalized spacial score (nSPS) is 15.4. The Kier molecular flexibility index (Phi) is 5.57. The molecule has 0 amide bonds. The lowest BCUT2D eigenvalue weighted by atomic mass is 10.1. The second kappa shape index (κ2) is 7.20. The van der Waals surface area contributed by atoms with E-state index in [-0.39, 0.29) is 5.75 Å². The van der Waals surface area contributed by atoms with Crippen LogP contribution in [0.2, 0.25) is 0 Å². The molecule has 0 saturated heterocycles. The predicted octanol–water partition coefficient (Wildman–Crippen LogP) is 2.02.